The Morgan fingerprint density at radius 3 is 2.90 bits per heavy atom. The van der Waals surface area contributed by atoms with Crippen LogP contribution in [0.4, 0.5) is 0 Å². The van der Waals surface area contributed by atoms with Crippen molar-refractivity contribution < 1.29 is 4.79 Å². The molecule has 0 saturated heterocycles. The van der Waals surface area contributed by atoms with Gasteiger partial charge in [0.2, 0.25) is 5.91 Å². The topological polar surface area (TPSA) is 55.2 Å². The highest BCUT2D eigenvalue weighted by Gasteiger charge is 2.20. The molecule has 6 heteroatoms. The summed E-state index contributed by atoms with van der Waals surface area (Å²) in [7, 11) is 3.37. The lowest BCUT2D eigenvalue weighted by Gasteiger charge is -2.12. The van der Waals surface area contributed by atoms with Crippen LogP contribution in [0.15, 0.2) is 11.1 Å². The second-order valence-electron chi connectivity index (χ2n) is 5.36. The minimum Gasteiger partial charge on any atom is -0.347 e. The van der Waals surface area contributed by atoms with Crippen LogP contribution in [0.2, 0.25) is 0 Å². The van der Waals surface area contributed by atoms with Crippen LogP contribution in [0.5, 0.6) is 0 Å². The van der Waals surface area contributed by atoms with E-state index in [2.05, 4.69) is 4.98 Å². The number of aryl methyl sites for hydroxylation is 2. The van der Waals surface area contributed by atoms with Crippen LogP contribution in [0.1, 0.15) is 23.3 Å². The van der Waals surface area contributed by atoms with Gasteiger partial charge in [0.05, 0.1) is 11.7 Å². The molecule has 0 spiro atoms. The lowest BCUT2D eigenvalue weighted by molar-refractivity contribution is -0.129. The minimum atomic E-state index is -0.0997. The molecule has 0 bridgehead atoms. The van der Waals surface area contributed by atoms with Crippen LogP contribution in [-0.4, -0.2) is 34.5 Å². The van der Waals surface area contributed by atoms with Crippen LogP contribution < -0.4 is 5.56 Å². The van der Waals surface area contributed by atoms with Crippen LogP contribution in [-0.2, 0) is 24.2 Å². The molecule has 20 heavy (non-hydrogen) atoms. The van der Waals surface area contributed by atoms with Crippen LogP contribution in [0.25, 0.3) is 10.2 Å². The highest BCUT2D eigenvalue weighted by Crippen LogP contribution is 2.33. The van der Waals surface area contributed by atoms with Crippen molar-refractivity contribution in [2.75, 3.05) is 14.1 Å². The predicted octanol–water partition coefficient (Wildman–Crippen LogP) is 1.42. The van der Waals surface area contributed by atoms with Crippen molar-refractivity contribution >= 4 is 27.5 Å². The van der Waals surface area contributed by atoms with Gasteiger partial charge in [-0.15, -0.1) is 11.3 Å². The van der Waals surface area contributed by atoms with Gasteiger partial charge in [-0.2, -0.15) is 0 Å². The van der Waals surface area contributed by atoms with Gasteiger partial charge in [-0.05, 0) is 31.2 Å². The quantitative estimate of drug-likeness (QED) is 0.841. The number of fused-ring (bicyclic) bond motifs is 3. The largest absolute Gasteiger partial charge is 0.347 e. The highest BCUT2D eigenvalue weighted by molar-refractivity contribution is 7.18. The van der Waals surface area contributed by atoms with E-state index in [0.717, 1.165) is 29.5 Å². The number of thiophene rings is 1. The standard InChI is InChI=1S/C14H17N3O2S/c1-16(2)11(18)7-17-8-15-13-12(14(17)19)9-5-3-4-6-10(9)20-13/h8H,3-7H2,1-2H3. The molecule has 0 atom stereocenters. The SMILES string of the molecule is CN(C)C(=O)Cn1cnc2sc3c(c2c1=O)CCCC3. The predicted molar refractivity (Wildman–Crippen MR) is 79.2 cm³/mol. The number of carbonyl (C=O) groups excluding carboxylic acids is 1. The van der Waals surface area contributed by atoms with Crippen molar-refractivity contribution in [3.63, 3.8) is 0 Å². The Morgan fingerprint density at radius 1 is 1.40 bits per heavy atom. The van der Waals surface area contributed by atoms with Crippen molar-refractivity contribution in [3.05, 3.63) is 27.1 Å². The summed E-state index contributed by atoms with van der Waals surface area (Å²) in [6, 6.07) is 0. The van der Waals surface area contributed by atoms with Gasteiger partial charge < -0.3 is 4.90 Å². The Hall–Kier alpha value is -1.69. The fraction of sp³-hybridized carbons (Fsp3) is 0.500. The molecule has 2 aromatic rings. The molecule has 1 aliphatic carbocycles. The van der Waals surface area contributed by atoms with Crippen molar-refractivity contribution in [3.8, 4) is 0 Å². The molecule has 2 aromatic heterocycles. The zero-order valence-electron chi connectivity index (χ0n) is 11.7. The Morgan fingerprint density at radius 2 is 2.15 bits per heavy atom. The average molecular weight is 291 g/mol. The van der Waals surface area contributed by atoms with E-state index in [4.69, 9.17) is 0 Å². The van der Waals surface area contributed by atoms with Gasteiger partial charge >= 0.3 is 0 Å². The number of aromatic nitrogens is 2. The molecule has 0 aromatic carbocycles. The van der Waals surface area contributed by atoms with Crippen molar-refractivity contribution in [2.24, 2.45) is 0 Å². The fourth-order valence-corrected chi connectivity index (χ4v) is 3.80. The van der Waals surface area contributed by atoms with Gasteiger partial charge in [0.25, 0.3) is 5.56 Å². The zero-order valence-corrected chi connectivity index (χ0v) is 12.5. The molecule has 0 saturated carbocycles. The first-order valence-corrected chi connectivity index (χ1v) is 7.59. The molecular formula is C14H17N3O2S. The molecule has 2 heterocycles. The molecule has 106 valence electrons. The normalized spacial score (nSPS) is 14.3. The van der Waals surface area contributed by atoms with E-state index in [1.807, 2.05) is 0 Å². The molecular weight excluding hydrogens is 274 g/mol. The number of likely N-dealkylation sites (N-methyl/N-ethyl adjacent to an activating group) is 1. The Bertz CT molecular complexity index is 730. The van der Waals surface area contributed by atoms with E-state index in [0.29, 0.717) is 0 Å². The van der Waals surface area contributed by atoms with Gasteiger partial charge in [0.15, 0.2) is 0 Å². The van der Waals surface area contributed by atoms with Crippen molar-refractivity contribution in [1.29, 1.82) is 0 Å². The van der Waals surface area contributed by atoms with E-state index in [9.17, 15) is 9.59 Å². The number of nitrogens with zero attached hydrogens (tertiary/aromatic N) is 3. The van der Waals surface area contributed by atoms with Gasteiger partial charge in [0.1, 0.15) is 11.4 Å². The second kappa shape index (κ2) is 5.01. The van der Waals surface area contributed by atoms with Gasteiger partial charge in [0, 0.05) is 19.0 Å². The smallest absolute Gasteiger partial charge is 0.262 e. The van der Waals surface area contributed by atoms with Gasteiger partial charge in [-0.3, -0.25) is 14.2 Å². The molecule has 0 unspecified atom stereocenters. The summed E-state index contributed by atoms with van der Waals surface area (Å²) in [5.41, 5.74) is 1.09. The van der Waals surface area contributed by atoms with Crippen LogP contribution in [0, 0.1) is 0 Å². The van der Waals surface area contributed by atoms with E-state index in [1.165, 1.54) is 32.7 Å². The first-order valence-electron chi connectivity index (χ1n) is 6.78. The Labute approximate surface area is 120 Å². The molecule has 5 nitrogen and oxygen atoms in total. The molecule has 1 aliphatic rings. The van der Waals surface area contributed by atoms with E-state index >= 15 is 0 Å². The third kappa shape index (κ3) is 2.14. The summed E-state index contributed by atoms with van der Waals surface area (Å²) >= 11 is 1.63. The molecule has 0 aliphatic heterocycles. The second-order valence-corrected chi connectivity index (χ2v) is 6.44. The minimum absolute atomic E-state index is 0.0550. The molecule has 3 rings (SSSR count). The Kier molecular flexibility index (Phi) is 3.33. The number of amides is 1. The summed E-state index contributed by atoms with van der Waals surface area (Å²) in [4.78, 5) is 32.3. The maximum absolute atomic E-state index is 12.6. The number of hydrogen-bond donors (Lipinski definition) is 0. The van der Waals surface area contributed by atoms with E-state index in [1.54, 1.807) is 25.4 Å². The third-order valence-electron chi connectivity index (χ3n) is 3.75. The summed E-state index contributed by atoms with van der Waals surface area (Å²) in [6.07, 6.45) is 5.81. The lowest BCUT2D eigenvalue weighted by Crippen LogP contribution is -2.31. The first-order chi connectivity index (χ1) is 9.58. The van der Waals surface area contributed by atoms with Crippen LogP contribution >= 0.6 is 11.3 Å². The van der Waals surface area contributed by atoms with Gasteiger partial charge in [-0.1, -0.05) is 0 Å². The molecule has 1 amide bonds. The Balaban J connectivity index is 2.10. The van der Waals surface area contributed by atoms with E-state index in [-0.39, 0.29) is 18.0 Å². The summed E-state index contributed by atoms with van der Waals surface area (Å²) in [6.45, 7) is 0.0550. The van der Waals surface area contributed by atoms with Crippen molar-refractivity contribution in [1.82, 2.24) is 14.5 Å². The lowest BCUT2D eigenvalue weighted by atomic mass is 9.97. The molecule has 0 N–H and O–H groups in total. The van der Waals surface area contributed by atoms with Crippen LogP contribution in [0.3, 0.4) is 0 Å². The molecule has 0 fully saturated rings. The maximum atomic E-state index is 12.6. The number of hydrogen-bond acceptors (Lipinski definition) is 4. The average Bonchev–Trinajstić information content (AvgIpc) is 2.80. The first kappa shape index (κ1) is 13.3. The van der Waals surface area contributed by atoms with Crippen molar-refractivity contribution in [2.45, 2.75) is 32.2 Å². The third-order valence-corrected chi connectivity index (χ3v) is 4.95. The zero-order chi connectivity index (χ0) is 14.3. The summed E-state index contributed by atoms with van der Waals surface area (Å²) in [5, 5.41) is 0.735. The maximum Gasteiger partial charge on any atom is 0.262 e. The fourth-order valence-electron chi connectivity index (χ4n) is 2.58. The van der Waals surface area contributed by atoms with Gasteiger partial charge in [-0.25, -0.2) is 4.98 Å². The molecule has 0 radical (unpaired) electrons. The summed E-state index contributed by atoms with van der Waals surface area (Å²) in [5.74, 6) is -0.0997. The highest BCUT2D eigenvalue weighted by atomic mass is 32.1. The summed E-state index contributed by atoms with van der Waals surface area (Å²) < 4.78 is 1.42. The van der Waals surface area contributed by atoms with E-state index < -0.39 is 0 Å². The monoisotopic (exact) mass is 291 g/mol. The number of rotatable bonds is 2. The number of carbonyl (C=O) groups is 1.